The lowest BCUT2D eigenvalue weighted by Crippen LogP contribution is -2.30. The topological polar surface area (TPSA) is 199 Å². The Balaban J connectivity index is 0.000000523. The number of nitrogen functional groups attached to an aromatic ring is 3. The highest BCUT2D eigenvalue weighted by Crippen LogP contribution is 2.15. The van der Waals surface area contributed by atoms with Gasteiger partial charge < -0.3 is 32.4 Å². The van der Waals surface area contributed by atoms with Crippen LogP contribution in [0.2, 0.25) is 0 Å². The maximum Gasteiger partial charge on any atom is 0.217 e. The van der Waals surface area contributed by atoms with Crippen LogP contribution in [-0.2, 0) is 14.3 Å². The molecule has 8 N–H and O–H groups in total. The highest BCUT2D eigenvalue weighted by Gasteiger charge is 2.10. The number of nitrogens with two attached hydrogens (primary N) is 4. The van der Waals surface area contributed by atoms with Crippen molar-refractivity contribution < 1.29 is 14.3 Å². The van der Waals surface area contributed by atoms with Crippen LogP contribution in [0.3, 0.4) is 0 Å². The molecule has 0 aromatic carbocycles. The molecule has 0 aliphatic rings. The molecule has 0 aliphatic heterocycles. The van der Waals surface area contributed by atoms with E-state index < -0.39 is 0 Å². The third kappa shape index (κ3) is 14.8. The van der Waals surface area contributed by atoms with Gasteiger partial charge in [-0.15, -0.1) is 10.2 Å². The summed E-state index contributed by atoms with van der Waals surface area (Å²) in [7, 11) is 6.98. The van der Waals surface area contributed by atoms with E-state index in [2.05, 4.69) is 34.0 Å². The van der Waals surface area contributed by atoms with Crippen molar-refractivity contribution in [3.8, 4) is 5.82 Å². The smallest absolute Gasteiger partial charge is 0.217 e. The summed E-state index contributed by atoms with van der Waals surface area (Å²) in [5.41, 5.74) is 21.3. The van der Waals surface area contributed by atoms with Crippen LogP contribution in [0.15, 0.2) is 42.7 Å². The van der Waals surface area contributed by atoms with Crippen LogP contribution >= 0.6 is 0 Å². The van der Waals surface area contributed by atoms with E-state index in [-0.39, 0.29) is 18.1 Å². The molecule has 3 heterocycles. The number of ketones is 1. The largest absolute Gasteiger partial charge is 0.384 e. The first kappa shape index (κ1) is 35.4. The van der Waals surface area contributed by atoms with E-state index in [1.165, 1.54) is 0 Å². The van der Waals surface area contributed by atoms with Gasteiger partial charge in [-0.2, -0.15) is 0 Å². The van der Waals surface area contributed by atoms with Gasteiger partial charge in [0.15, 0.2) is 0 Å². The minimum atomic E-state index is -0.213. The van der Waals surface area contributed by atoms with E-state index in [1.807, 2.05) is 49.5 Å². The number of carbonyl (C=O) groups is 1. The standard InChI is InChI=1S/C10H13N5.C6H13NO.C5H7N3.C5H13NO2/c1-7(2)10-14-12-6-15(10)9-5-3-4-8(11)13-9;1-5(2)6(8)3-4-7;6-4-2-1-3-5(7)8-4;1-6(2)5(7-3)8-4/h3-7H,1-2H3,(H2,11,13);5H,3-4,7H2,1-2H3;1-3H,(H4,6,7,8);5H,1-4H3. The van der Waals surface area contributed by atoms with E-state index >= 15 is 0 Å². The lowest BCUT2D eigenvalue weighted by Gasteiger charge is -2.19. The molecule has 0 radical (unpaired) electrons. The number of hydrogen-bond donors (Lipinski definition) is 4. The van der Waals surface area contributed by atoms with Crippen molar-refractivity contribution in [3.05, 3.63) is 48.5 Å². The second-order valence-corrected chi connectivity index (χ2v) is 9.02. The van der Waals surface area contributed by atoms with Crippen molar-refractivity contribution in [2.24, 2.45) is 11.7 Å². The zero-order valence-corrected chi connectivity index (χ0v) is 24.4. The molecule has 3 rings (SSSR count). The predicted octanol–water partition coefficient (Wildman–Crippen LogP) is 2.30. The fraction of sp³-hybridized carbons (Fsp3) is 0.500. The average molecular weight is 547 g/mol. The predicted molar refractivity (Wildman–Crippen MR) is 156 cm³/mol. The maximum absolute atomic E-state index is 10.7. The van der Waals surface area contributed by atoms with Crippen molar-refractivity contribution in [2.45, 2.75) is 46.4 Å². The van der Waals surface area contributed by atoms with Gasteiger partial charge in [0.25, 0.3) is 0 Å². The number of rotatable bonds is 8. The molecule has 218 valence electrons. The zero-order chi connectivity index (χ0) is 30.0. The van der Waals surface area contributed by atoms with E-state index in [4.69, 9.17) is 32.4 Å². The summed E-state index contributed by atoms with van der Waals surface area (Å²) in [5, 5.41) is 7.94. The number of methoxy groups -OCH3 is 2. The van der Waals surface area contributed by atoms with Crippen LogP contribution in [0.1, 0.15) is 45.9 Å². The Labute approximate surface area is 231 Å². The molecule has 0 fully saturated rings. The van der Waals surface area contributed by atoms with Gasteiger partial charge in [0.2, 0.25) is 6.41 Å². The van der Waals surface area contributed by atoms with E-state index in [1.54, 1.807) is 44.8 Å². The second kappa shape index (κ2) is 19.4. The summed E-state index contributed by atoms with van der Waals surface area (Å²) in [6.07, 6.45) is 1.96. The van der Waals surface area contributed by atoms with Gasteiger partial charge in [0.1, 0.15) is 41.2 Å². The van der Waals surface area contributed by atoms with Gasteiger partial charge in [-0.25, -0.2) is 9.97 Å². The van der Waals surface area contributed by atoms with Gasteiger partial charge in [0.05, 0.1) is 0 Å². The first-order valence-electron chi connectivity index (χ1n) is 12.4. The van der Waals surface area contributed by atoms with Gasteiger partial charge in [-0.1, -0.05) is 39.8 Å². The molecule has 0 unspecified atom stereocenters. The Bertz CT molecular complexity index is 1050. The molecular weight excluding hydrogens is 500 g/mol. The van der Waals surface area contributed by atoms with Crippen LogP contribution < -0.4 is 22.9 Å². The van der Waals surface area contributed by atoms with Crippen molar-refractivity contribution in [1.29, 1.82) is 0 Å². The molecule has 0 amide bonds. The zero-order valence-electron chi connectivity index (χ0n) is 24.4. The molecule has 3 aromatic heterocycles. The van der Waals surface area contributed by atoms with Crippen molar-refractivity contribution >= 4 is 23.2 Å². The number of hydrogen-bond acceptors (Lipinski definition) is 12. The number of ether oxygens (including phenoxy) is 2. The summed E-state index contributed by atoms with van der Waals surface area (Å²) in [4.78, 5) is 20.4. The maximum atomic E-state index is 10.7. The number of anilines is 3. The summed E-state index contributed by atoms with van der Waals surface area (Å²) in [5.74, 6) is 3.77. The minimum Gasteiger partial charge on any atom is -0.384 e. The van der Waals surface area contributed by atoms with Gasteiger partial charge in [-0.05, 0) is 44.9 Å². The van der Waals surface area contributed by atoms with Crippen LogP contribution in [0.5, 0.6) is 0 Å². The number of nitrogens with zero attached hydrogens (tertiary/aromatic N) is 6. The fourth-order valence-corrected chi connectivity index (χ4v) is 2.81. The summed E-state index contributed by atoms with van der Waals surface area (Å²) in [6, 6.07) is 10.6. The lowest BCUT2D eigenvalue weighted by atomic mass is 10.1. The van der Waals surface area contributed by atoms with Crippen molar-refractivity contribution in [2.75, 3.05) is 52.1 Å². The molecule has 0 spiro atoms. The Morgan fingerprint density at radius 3 is 1.74 bits per heavy atom. The second-order valence-electron chi connectivity index (χ2n) is 9.02. The highest BCUT2D eigenvalue weighted by atomic mass is 16.7. The Kier molecular flexibility index (Phi) is 17.6. The van der Waals surface area contributed by atoms with Gasteiger partial charge in [0, 0.05) is 32.5 Å². The first-order chi connectivity index (χ1) is 18.4. The third-order valence-electron chi connectivity index (χ3n) is 4.75. The lowest BCUT2D eigenvalue weighted by molar-refractivity contribution is -0.179. The number of aromatic nitrogens is 5. The van der Waals surface area contributed by atoms with Crippen molar-refractivity contribution in [1.82, 2.24) is 29.6 Å². The molecule has 13 nitrogen and oxygen atoms in total. The highest BCUT2D eigenvalue weighted by molar-refractivity contribution is 5.80. The molecule has 39 heavy (non-hydrogen) atoms. The molecule has 0 atom stereocenters. The van der Waals surface area contributed by atoms with Crippen molar-refractivity contribution in [3.63, 3.8) is 0 Å². The first-order valence-corrected chi connectivity index (χ1v) is 12.4. The molecule has 3 aromatic rings. The normalized spacial score (nSPS) is 10.4. The third-order valence-corrected chi connectivity index (χ3v) is 4.75. The SMILES string of the molecule is CC(C)C(=O)CCN.CC(C)c1nncn1-c1cccc(N)n1.COC(OC)N(C)C.Nc1cccc(N)n1. The molecule has 13 heteroatoms. The summed E-state index contributed by atoms with van der Waals surface area (Å²) in [6.45, 7) is 8.38. The van der Waals surface area contributed by atoms with E-state index in [0.717, 1.165) is 11.6 Å². The number of pyridine rings is 2. The Hall–Kier alpha value is -3.65. The Morgan fingerprint density at radius 2 is 1.44 bits per heavy atom. The number of carbonyl (C=O) groups excluding carboxylic acids is 1. The molecule has 0 aliphatic carbocycles. The van der Waals surface area contributed by atoms with Crippen LogP contribution in [0.4, 0.5) is 17.5 Å². The fourth-order valence-electron chi connectivity index (χ4n) is 2.81. The van der Waals surface area contributed by atoms with Gasteiger partial charge >= 0.3 is 0 Å². The number of Topliss-reactive ketones (excluding diaryl/α,β-unsaturated/α-hetero) is 1. The van der Waals surface area contributed by atoms with E-state index in [0.29, 0.717) is 36.3 Å². The quantitative estimate of drug-likeness (QED) is 0.301. The molecular formula is C26H46N10O3. The summed E-state index contributed by atoms with van der Waals surface area (Å²) >= 11 is 0. The monoisotopic (exact) mass is 546 g/mol. The minimum absolute atomic E-state index is 0.151. The summed E-state index contributed by atoms with van der Waals surface area (Å²) < 4.78 is 11.6. The molecule has 0 bridgehead atoms. The van der Waals surface area contributed by atoms with Crippen LogP contribution in [-0.4, -0.2) is 76.7 Å². The van der Waals surface area contributed by atoms with E-state index in [9.17, 15) is 4.79 Å². The average Bonchev–Trinajstić information content (AvgIpc) is 3.36. The van der Waals surface area contributed by atoms with Crippen LogP contribution in [0, 0.1) is 5.92 Å². The Morgan fingerprint density at radius 1 is 0.923 bits per heavy atom. The molecule has 0 saturated heterocycles. The van der Waals surface area contributed by atoms with Crippen LogP contribution in [0.25, 0.3) is 5.82 Å². The van der Waals surface area contributed by atoms with Gasteiger partial charge in [-0.3, -0.25) is 14.3 Å². The molecule has 0 saturated carbocycles.